The Kier molecular flexibility index (Phi) is 5.05. The molecule has 2 aromatic carbocycles. The van der Waals surface area contributed by atoms with Gasteiger partial charge in [0, 0.05) is 37.6 Å². The summed E-state index contributed by atoms with van der Waals surface area (Å²) in [6, 6.07) is 18.5. The van der Waals surface area contributed by atoms with Crippen LogP contribution in [0.3, 0.4) is 0 Å². The van der Waals surface area contributed by atoms with Crippen molar-refractivity contribution in [1.82, 2.24) is 19.7 Å². The topological polar surface area (TPSA) is 82.2 Å². The van der Waals surface area contributed by atoms with E-state index < -0.39 is 0 Å². The molecule has 0 aliphatic carbocycles. The van der Waals surface area contributed by atoms with E-state index in [-0.39, 0.29) is 0 Å². The first-order chi connectivity index (χ1) is 14.8. The number of benzene rings is 2. The van der Waals surface area contributed by atoms with Crippen LogP contribution >= 0.6 is 0 Å². The number of hydrogen-bond donors (Lipinski definition) is 1. The van der Waals surface area contributed by atoms with Crippen molar-refractivity contribution >= 4 is 17.3 Å². The molecule has 0 unspecified atom stereocenters. The van der Waals surface area contributed by atoms with Gasteiger partial charge in [-0.05, 0) is 30.3 Å². The number of rotatable bonds is 5. The van der Waals surface area contributed by atoms with Gasteiger partial charge < -0.3 is 15.0 Å². The highest BCUT2D eigenvalue weighted by atomic mass is 16.5. The lowest BCUT2D eigenvalue weighted by atomic mass is 10.1. The fourth-order valence-corrected chi connectivity index (χ4v) is 3.86. The largest absolute Gasteiger partial charge is 0.378 e. The molecular weight excluding hydrogens is 378 g/mol. The Morgan fingerprint density at radius 2 is 1.80 bits per heavy atom. The highest BCUT2D eigenvalue weighted by molar-refractivity contribution is 5.66. The zero-order valence-corrected chi connectivity index (χ0v) is 16.6. The Morgan fingerprint density at radius 1 is 1.00 bits per heavy atom. The molecule has 3 heterocycles. The maximum absolute atomic E-state index is 9.50. The highest BCUT2D eigenvalue weighted by Gasteiger charge is 2.29. The third kappa shape index (κ3) is 3.85. The zero-order valence-electron chi connectivity index (χ0n) is 16.6. The Balaban J connectivity index is 1.31. The van der Waals surface area contributed by atoms with Gasteiger partial charge in [0.05, 0.1) is 36.6 Å². The van der Waals surface area contributed by atoms with Crippen LogP contribution in [0.25, 0.3) is 5.69 Å². The Labute approximate surface area is 175 Å². The van der Waals surface area contributed by atoms with Gasteiger partial charge in [-0.2, -0.15) is 10.2 Å². The lowest BCUT2D eigenvalue weighted by molar-refractivity contribution is -0.0660. The van der Waals surface area contributed by atoms with Gasteiger partial charge in [-0.25, -0.2) is 4.68 Å². The van der Waals surface area contributed by atoms with Crippen molar-refractivity contribution < 1.29 is 4.74 Å². The summed E-state index contributed by atoms with van der Waals surface area (Å²) in [5.74, 6) is 0.495. The van der Waals surface area contributed by atoms with Gasteiger partial charge in [0.1, 0.15) is 6.33 Å². The highest BCUT2D eigenvalue weighted by Crippen LogP contribution is 2.26. The third-order valence-electron chi connectivity index (χ3n) is 5.63. The summed E-state index contributed by atoms with van der Waals surface area (Å²) in [6.07, 6.45) is 1.68. The minimum atomic E-state index is 0.495. The second-order valence-corrected chi connectivity index (χ2v) is 7.57. The standard InChI is InChI=1S/C22H23N7O/c23-13-17-10-18(25-22-24-16-29(26-22)19-4-2-1-3-5-19)12-20(11-17)27-6-8-28(9-7-27)21-14-30-15-21/h1-5,10-12,16,21H,6-9,14-15H2,(H,25,26). The molecule has 2 aliphatic rings. The number of ether oxygens (including phenoxy) is 1. The van der Waals surface area contributed by atoms with Crippen molar-refractivity contribution in [3.8, 4) is 11.8 Å². The van der Waals surface area contributed by atoms with Crippen molar-refractivity contribution in [2.24, 2.45) is 0 Å². The van der Waals surface area contributed by atoms with Crippen LogP contribution in [0.1, 0.15) is 5.56 Å². The second kappa shape index (κ2) is 8.14. The van der Waals surface area contributed by atoms with Crippen LogP contribution in [-0.4, -0.2) is 65.1 Å². The molecule has 2 fully saturated rings. The number of nitriles is 1. The number of para-hydroxylation sites is 1. The van der Waals surface area contributed by atoms with E-state index in [1.54, 1.807) is 11.0 Å². The number of hydrogen-bond acceptors (Lipinski definition) is 7. The molecular formula is C22H23N7O. The molecule has 1 N–H and O–H groups in total. The zero-order chi connectivity index (χ0) is 20.3. The molecule has 5 rings (SSSR count). The van der Waals surface area contributed by atoms with Crippen LogP contribution in [0, 0.1) is 11.3 Å². The molecule has 152 valence electrons. The van der Waals surface area contributed by atoms with Gasteiger partial charge in [0.15, 0.2) is 0 Å². The Bertz CT molecular complexity index is 1050. The second-order valence-electron chi connectivity index (χ2n) is 7.57. The van der Waals surface area contributed by atoms with Crippen LogP contribution < -0.4 is 10.2 Å². The van der Waals surface area contributed by atoms with Crippen molar-refractivity contribution in [2.75, 3.05) is 49.6 Å². The predicted molar refractivity (Wildman–Crippen MR) is 114 cm³/mol. The number of nitrogens with one attached hydrogen (secondary N) is 1. The van der Waals surface area contributed by atoms with E-state index in [2.05, 4.69) is 37.3 Å². The van der Waals surface area contributed by atoms with Crippen LogP contribution in [0.5, 0.6) is 0 Å². The smallest absolute Gasteiger partial charge is 0.246 e. The molecule has 2 saturated heterocycles. The average Bonchev–Trinajstić information content (AvgIpc) is 3.22. The van der Waals surface area contributed by atoms with E-state index in [4.69, 9.17) is 4.74 Å². The summed E-state index contributed by atoms with van der Waals surface area (Å²) in [7, 11) is 0. The van der Waals surface area contributed by atoms with Crippen LogP contribution in [0.2, 0.25) is 0 Å². The molecule has 0 atom stereocenters. The monoisotopic (exact) mass is 401 g/mol. The van der Waals surface area contributed by atoms with Crippen molar-refractivity contribution in [2.45, 2.75) is 6.04 Å². The Morgan fingerprint density at radius 3 is 2.50 bits per heavy atom. The maximum atomic E-state index is 9.50. The number of anilines is 3. The molecule has 8 nitrogen and oxygen atoms in total. The van der Waals surface area contributed by atoms with Crippen LogP contribution in [0.15, 0.2) is 54.9 Å². The van der Waals surface area contributed by atoms with E-state index in [9.17, 15) is 5.26 Å². The van der Waals surface area contributed by atoms with Gasteiger partial charge in [-0.3, -0.25) is 4.90 Å². The molecule has 0 amide bonds. The minimum Gasteiger partial charge on any atom is -0.378 e. The number of nitrogens with zero attached hydrogens (tertiary/aromatic N) is 6. The molecule has 30 heavy (non-hydrogen) atoms. The molecule has 0 saturated carbocycles. The first-order valence-corrected chi connectivity index (χ1v) is 10.1. The van der Waals surface area contributed by atoms with Gasteiger partial charge in [0.2, 0.25) is 5.95 Å². The summed E-state index contributed by atoms with van der Waals surface area (Å²) in [5.41, 5.74) is 3.42. The lowest BCUT2D eigenvalue weighted by Gasteiger charge is -2.43. The molecule has 0 bridgehead atoms. The molecule has 3 aromatic rings. The fraction of sp³-hybridized carbons (Fsp3) is 0.318. The minimum absolute atomic E-state index is 0.495. The first-order valence-electron chi connectivity index (χ1n) is 10.1. The molecule has 8 heteroatoms. The number of aromatic nitrogens is 3. The lowest BCUT2D eigenvalue weighted by Crippen LogP contribution is -2.56. The van der Waals surface area contributed by atoms with E-state index in [0.717, 1.165) is 56.5 Å². The maximum Gasteiger partial charge on any atom is 0.246 e. The van der Waals surface area contributed by atoms with E-state index in [1.165, 1.54) is 0 Å². The SMILES string of the molecule is N#Cc1cc(Nc2ncn(-c3ccccc3)n2)cc(N2CCN(C3COC3)CC2)c1. The van der Waals surface area contributed by atoms with Crippen LogP contribution in [-0.2, 0) is 4.74 Å². The van der Waals surface area contributed by atoms with E-state index in [0.29, 0.717) is 17.6 Å². The first kappa shape index (κ1) is 18.6. The predicted octanol–water partition coefficient (Wildman–Crippen LogP) is 2.40. The third-order valence-corrected chi connectivity index (χ3v) is 5.63. The summed E-state index contributed by atoms with van der Waals surface area (Å²) >= 11 is 0. The fourth-order valence-electron chi connectivity index (χ4n) is 3.86. The summed E-state index contributed by atoms with van der Waals surface area (Å²) < 4.78 is 7.04. The summed E-state index contributed by atoms with van der Waals surface area (Å²) in [5, 5.41) is 17.2. The van der Waals surface area contributed by atoms with Crippen molar-refractivity contribution in [1.29, 1.82) is 5.26 Å². The van der Waals surface area contributed by atoms with Gasteiger partial charge in [-0.1, -0.05) is 18.2 Å². The number of piperazine rings is 1. The Hall–Kier alpha value is -3.41. The molecule has 1 aromatic heterocycles. The van der Waals surface area contributed by atoms with Gasteiger partial charge in [-0.15, -0.1) is 5.10 Å². The molecule has 0 radical (unpaired) electrons. The van der Waals surface area contributed by atoms with Gasteiger partial charge in [0.25, 0.3) is 0 Å². The normalized spacial score (nSPS) is 17.4. The van der Waals surface area contributed by atoms with E-state index in [1.807, 2.05) is 42.5 Å². The van der Waals surface area contributed by atoms with Crippen molar-refractivity contribution in [3.63, 3.8) is 0 Å². The van der Waals surface area contributed by atoms with Gasteiger partial charge >= 0.3 is 0 Å². The summed E-state index contributed by atoms with van der Waals surface area (Å²) in [6.45, 7) is 5.59. The van der Waals surface area contributed by atoms with E-state index >= 15 is 0 Å². The molecule has 0 spiro atoms. The molecule has 2 aliphatic heterocycles. The quantitative estimate of drug-likeness (QED) is 0.703. The summed E-state index contributed by atoms with van der Waals surface area (Å²) in [4.78, 5) is 9.18. The van der Waals surface area contributed by atoms with Crippen molar-refractivity contribution in [3.05, 3.63) is 60.4 Å². The average molecular weight is 401 g/mol. The van der Waals surface area contributed by atoms with Crippen LogP contribution in [0.4, 0.5) is 17.3 Å².